The second-order valence-corrected chi connectivity index (χ2v) is 6.32. The fourth-order valence-corrected chi connectivity index (χ4v) is 2.87. The fourth-order valence-electron chi connectivity index (χ4n) is 2.87. The minimum Gasteiger partial charge on any atom is -0.493 e. The molecule has 0 aliphatic heterocycles. The molecule has 0 fully saturated rings. The van der Waals surface area contributed by atoms with Crippen molar-refractivity contribution in [2.45, 2.75) is 52.9 Å². The molecule has 0 aliphatic carbocycles. The van der Waals surface area contributed by atoms with E-state index in [1.54, 1.807) is 0 Å². The first-order valence-electron chi connectivity index (χ1n) is 9.29. The molecule has 0 aliphatic rings. The van der Waals surface area contributed by atoms with Crippen LogP contribution in [0.2, 0.25) is 0 Å². The van der Waals surface area contributed by atoms with Crippen molar-refractivity contribution >= 4 is 11.6 Å². The summed E-state index contributed by atoms with van der Waals surface area (Å²) in [5.74, 6) is 0.538. The summed E-state index contributed by atoms with van der Waals surface area (Å²) in [7, 11) is 0. The number of nitrogens with one attached hydrogen (secondary N) is 1. The van der Waals surface area contributed by atoms with E-state index < -0.39 is 0 Å². The van der Waals surface area contributed by atoms with Crippen LogP contribution in [0.25, 0.3) is 0 Å². The van der Waals surface area contributed by atoms with E-state index in [1.165, 1.54) is 12.8 Å². The molecule has 0 saturated carbocycles. The minimum absolute atomic E-state index is 0.117. The van der Waals surface area contributed by atoms with E-state index in [1.807, 2.05) is 43.3 Å². The Morgan fingerprint density at radius 1 is 1.00 bits per heavy atom. The quantitative estimate of drug-likeness (QED) is 0.589. The average molecular weight is 339 g/mol. The van der Waals surface area contributed by atoms with Gasteiger partial charge in [0.1, 0.15) is 5.75 Å². The summed E-state index contributed by atoms with van der Waals surface area (Å²) in [5, 5.41) is 3.08. The van der Waals surface area contributed by atoms with E-state index in [0.717, 1.165) is 36.1 Å². The number of unbranched alkanes of at least 4 members (excludes halogenated alkanes) is 3. The lowest BCUT2D eigenvalue weighted by atomic mass is 10.1. The zero-order chi connectivity index (χ0) is 18.1. The number of hydrogen-bond donors (Lipinski definition) is 1. The summed E-state index contributed by atoms with van der Waals surface area (Å²) in [6, 6.07) is 13.6. The Morgan fingerprint density at radius 2 is 1.80 bits per heavy atom. The predicted molar refractivity (Wildman–Crippen MR) is 105 cm³/mol. The topological polar surface area (TPSA) is 38.3 Å². The van der Waals surface area contributed by atoms with Crippen LogP contribution < -0.4 is 10.1 Å². The third kappa shape index (κ3) is 5.35. The van der Waals surface area contributed by atoms with Crippen molar-refractivity contribution in [3.05, 3.63) is 59.2 Å². The summed E-state index contributed by atoms with van der Waals surface area (Å²) >= 11 is 0. The number of carbonyl (C=O) groups excluding carboxylic acids is 1. The lowest BCUT2D eigenvalue weighted by Gasteiger charge is -2.15. The highest BCUT2D eigenvalue weighted by molar-refractivity contribution is 6.06. The number of anilines is 1. The van der Waals surface area contributed by atoms with Gasteiger partial charge in [-0.15, -0.1) is 0 Å². The Hall–Kier alpha value is -2.29. The average Bonchev–Trinajstić information content (AvgIpc) is 2.63. The molecule has 2 aromatic rings. The Bertz CT molecular complexity index is 694. The van der Waals surface area contributed by atoms with Crippen molar-refractivity contribution in [3.8, 4) is 5.75 Å². The number of ether oxygens (including phenoxy) is 1. The Labute approximate surface area is 151 Å². The van der Waals surface area contributed by atoms with Crippen molar-refractivity contribution in [2.24, 2.45) is 0 Å². The molecule has 1 N–H and O–H groups in total. The van der Waals surface area contributed by atoms with E-state index in [0.29, 0.717) is 17.9 Å². The molecule has 134 valence electrons. The standard InChI is InChI=1S/C22H29NO2/c1-4-6-7-10-16-25-20-15-9-8-14-19(20)22(24)23-21-17(3)12-11-13-18(21)5-2/h8-9,11-15H,4-7,10,16H2,1-3H3,(H,23,24). The Morgan fingerprint density at radius 3 is 2.56 bits per heavy atom. The molecule has 2 aromatic carbocycles. The van der Waals surface area contributed by atoms with Gasteiger partial charge in [0.25, 0.3) is 5.91 Å². The molecule has 0 heterocycles. The number of rotatable bonds is 9. The summed E-state index contributed by atoms with van der Waals surface area (Å²) in [6.07, 6.45) is 5.48. The highest BCUT2D eigenvalue weighted by Crippen LogP contribution is 2.24. The maximum Gasteiger partial charge on any atom is 0.259 e. The molecule has 2 rings (SSSR count). The lowest BCUT2D eigenvalue weighted by Crippen LogP contribution is -2.16. The number of aryl methyl sites for hydroxylation is 2. The second-order valence-electron chi connectivity index (χ2n) is 6.32. The summed E-state index contributed by atoms with van der Waals surface area (Å²) < 4.78 is 5.87. The molecule has 3 nitrogen and oxygen atoms in total. The van der Waals surface area contributed by atoms with Crippen LogP contribution in [0.1, 0.15) is 61.0 Å². The minimum atomic E-state index is -0.117. The van der Waals surface area contributed by atoms with Crippen LogP contribution in [0.15, 0.2) is 42.5 Å². The van der Waals surface area contributed by atoms with Crippen molar-refractivity contribution < 1.29 is 9.53 Å². The van der Waals surface area contributed by atoms with E-state index in [4.69, 9.17) is 4.74 Å². The van der Waals surface area contributed by atoms with Gasteiger partial charge in [-0.2, -0.15) is 0 Å². The first kappa shape index (κ1) is 19.0. The summed E-state index contributed by atoms with van der Waals surface area (Å²) in [6.45, 7) is 6.95. The van der Waals surface area contributed by atoms with Crippen molar-refractivity contribution in [3.63, 3.8) is 0 Å². The van der Waals surface area contributed by atoms with E-state index >= 15 is 0 Å². The van der Waals surface area contributed by atoms with Gasteiger partial charge in [0.2, 0.25) is 0 Å². The third-order valence-electron chi connectivity index (χ3n) is 4.37. The van der Waals surface area contributed by atoms with Crippen molar-refractivity contribution in [1.82, 2.24) is 0 Å². The van der Waals surface area contributed by atoms with Gasteiger partial charge in [0, 0.05) is 5.69 Å². The second kappa shape index (κ2) is 9.87. The first-order valence-corrected chi connectivity index (χ1v) is 9.29. The van der Waals surface area contributed by atoms with Gasteiger partial charge in [-0.05, 0) is 43.0 Å². The van der Waals surface area contributed by atoms with Crippen LogP contribution in [0, 0.1) is 6.92 Å². The maximum atomic E-state index is 12.8. The monoisotopic (exact) mass is 339 g/mol. The molecule has 0 unspecified atom stereocenters. The van der Waals surface area contributed by atoms with Crippen molar-refractivity contribution in [1.29, 1.82) is 0 Å². The van der Waals surface area contributed by atoms with Gasteiger partial charge in [0.15, 0.2) is 0 Å². The molecule has 0 saturated heterocycles. The number of carbonyl (C=O) groups is 1. The number of benzene rings is 2. The highest BCUT2D eigenvalue weighted by atomic mass is 16.5. The summed E-state index contributed by atoms with van der Waals surface area (Å²) in [4.78, 5) is 12.8. The van der Waals surface area contributed by atoms with E-state index in [9.17, 15) is 4.79 Å². The molecule has 1 amide bonds. The number of para-hydroxylation sites is 2. The van der Waals surface area contributed by atoms with Crippen LogP contribution in [0.3, 0.4) is 0 Å². The fraction of sp³-hybridized carbons (Fsp3) is 0.409. The van der Waals surface area contributed by atoms with Gasteiger partial charge in [-0.1, -0.05) is 63.4 Å². The molecule has 0 radical (unpaired) electrons. The molecule has 0 aromatic heterocycles. The first-order chi connectivity index (χ1) is 12.2. The van der Waals surface area contributed by atoms with E-state index in [-0.39, 0.29) is 5.91 Å². The van der Waals surface area contributed by atoms with Crippen LogP contribution in [0.5, 0.6) is 5.75 Å². The molecule has 0 bridgehead atoms. The van der Waals surface area contributed by atoms with Crippen LogP contribution in [-0.2, 0) is 6.42 Å². The molecule has 3 heteroatoms. The highest BCUT2D eigenvalue weighted by Gasteiger charge is 2.14. The van der Waals surface area contributed by atoms with Crippen LogP contribution in [-0.4, -0.2) is 12.5 Å². The predicted octanol–water partition coefficient (Wildman–Crippen LogP) is 5.77. The van der Waals surface area contributed by atoms with E-state index in [2.05, 4.69) is 25.2 Å². The molecular formula is C22H29NO2. The maximum absolute atomic E-state index is 12.8. The van der Waals surface area contributed by atoms with Gasteiger partial charge in [-0.25, -0.2) is 0 Å². The third-order valence-corrected chi connectivity index (χ3v) is 4.37. The molecule has 0 atom stereocenters. The number of hydrogen-bond acceptors (Lipinski definition) is 2. The molecular weight excluding hydrogens is 310 g/mol. The zero-order valence-electron chi connectivity index (χ0n) is 15.6. The van der Waals surface area contributed by atoms with Gasteiger partial charge in [0.05, 0.1) is 12.2 Å². The SMILES string of the molecule is CCCCCCOc1ccccc1C(=O)Nc1c(C)cccc1CC. The molecule has 0 spiro atoms. The van der Waals surface area contributed by atoms with Crippen LogP contribution >= 0.6 is 0 Å². The lowest BCUT2D eigenvalue weighted by molar-refractivity contribution is 0.102. The Balaban J connectivity index is 2.10. The normalized spacial score (nSPS) is 10.5. The van der Waals surface area contributed by atoms with Gasteiger partial charge in [-0.3, -0.25) is 4.79 Å². The van der Waals surface area contributed by atoms with Crippen LogP contribution in [0.4, 0.5) is 5.69 Å². The molecule has 25 heavy (non-hydrogen) atoms. The Kier molecular flexibility index (Phi) is 7.52. The van der Waals surface area contributed by atoms with Gasteiger partial charge < -0.3 is 10.1 Å². The largest absolute Gasteiger partial charge is 0.493 e. The number of amides is 1. The van der Waals surface area contributed by atoms with Crippen molar-refractivity contribution in [2.75, 3.05) is 11.9 Å². The summed E-state index contributed by atoms with van der Waals surface area (Å²) in [5.41, 5.74) is 3.72. The zero-order valence-corrected chi connectivity index (χ0v) is 15.6. The van der Waals surface area contributed by atoms with Gasteiger partial charge >= 0.3 is 0 Å². The smallest absolute Gasteiger partial charge is 0.259 e.